The zero-order valence-electron chi connectivity index (χ0n) is 8.61. The van der Waals surface area contributed by atoms with Gasteiger partial charge in [0.2, 0.25) is 0 Å². The average Bonchev–Trinajstić information content (AvgIpc) is 2.56. The van der Waals surface area contributed by atoms with Crippen molar-refractivity contribution < 1.29 is 14.3 Å². The number of hydrogen-bond acceptors (Lipinski definition) is 3. The number of hydrogen-bond donors (Lipinski definition) is 0. The van der Waals surface area contributed by atoms with Crippen molar-refractivity contribution in [1.29, 1.82) is 0 Å². The molecule has 0 aromatic heterocycles. The van der Waals surface area contributed by atoms with Gasteiger partial charge in [0.1, 0.15) is 5.78 Å². The molecule has 14 heavy (non-hydrogen) atoms. The van der Waals surface area contributed by atoms with E-state index in [9.17, 15) is 9.59 Å². The third kappa shape index (κ3) is 0.960. The molecule has 0 amide bonds. The van der Waals surface area contributed by atoms with Gasteiger partial charge in [0.25, 0.3) is 0 Å². The topological polar surface area (TPSA) is 43.4 Å². The van der Waals surface area contributed by atoms with E-state index in [1.165, 1.54) is 6.92 Å². The van der Waals surface area contributed by atoms with Crippen LogP contribution in [0.15, 0.2) is 12.2 Å². The molecule has 2 aliphatic heterocycles. The molecule has 0 unspecified atom stereocenters. The molecule has 2 heterocycles. The van der Waals surface area contributed by atoms with Gasteiger partial charge in [0.05, 0.1) is 12.0 Å². The van der Waals surface area contributed by atoms with Crippen molar-refractivity contribution in [2.45, 2.75) is 32.5 Å². The van der Waals surface area contributed by atoms with Gasteiger partial charge < -0.3 is 4.74 Å². The van der Waals surface area contributed by atoms with Gasteiger partial charge in [-0.25, -0.2) is 0 Å². The lowest BCUT2D eigenvalue weighted by atomic mass is 9.78. The number of carbonyl (C=O) groups excluding carboxylic acids is 2. The van der Waals surface area contributed by atoms with E-state index in [-0.39, 0.29) is 29.5 Å². The van der Waals surface area contributed by atoms with E-state index in [1.54, 1.807) is 13.0 Å². The van der Waals surface area contributed by atoms with Crippen molar-refractivity contribution in [3.8, 4) is 0 Å². The van der Waals surface area contributed by atoms with Crippen molar-refractivity contribution >= 4 is 11.6 Å². The van der Waals surface area contributed by atoms with Crippen LogP contribution >= 0.6 is 0 Å². The lowest BCUT2D eigenvalue weighted by Gasteiger charge is -2.38. The molecule has 3 heteroatoms. The van der Waals surface area contributed by atoms with Gasteiger partial charge in [-0.3, -0.25) is 9.59 Å². The van der Waals surface area contributed by atoms with E-state index in [1.807, 2.05) is 13.0 Å². The average molecular weight is 194 g/mol. The highest BCUT2D eigenvalue weighted by Crippen LogP contribution is 2.41. The van der Waals surface area contributed by atoms with Crippen LogP contribution in [0.1, 0.15) is 20.8 Å². The highest BCUT2D eigenvalue weighted by molar-refractivity contribution is 5.98. The van der Waals surface area contributed by atoms with Crippen molar-refractivity contribution in [3.63, 3.8) is 0 Å². The maximum atomic E-state index is 11.8. The molecule has 4 atom stereocenters. The fraction of sp³-hybridized carbons (Fsp3) is 0.636. The molecule has 0 saturated carbocycles. The SMILES string of the molecule is CC(=O)[C@]12C=C[C@H](O1)[C@@H](C)C(=O)[C@H]2C. The third-order valence-corrected chi connectivity index (χ3v) is 3.43. The van der Waals surface area contributed by atoms with Gasteiger partial charge in [-0.05, 0) is 13.0 Å². The normalized spacial score (nSPS) is 45.6. The number of carbonyl (C=O) groups is 2. The first-order valence-corrected chi connectivity index (χ1v) is 4.91. The maximum absolute atomic E-state index is 11.8. The largest absolute Gasteiger partial charge is 0.354 e. The Labute approximate surface area is 83.1 Å². The molecular weight excluding hydrogens is 180 g/mol. The summed E-state index contributed by atoms with van der Waals surface area (Å²) in [6, 6.07) is 0. The Morgan fingerprint density at radius 1 is 1.50 bits per heavy atom. The van der Waals surface area contributed by atoms with Crippen LogP contribution in [0.3, 0.4) is 0 Å². The minimum absolute atomic E-state index is 0.0796. The third-order valence-electron chi connectivity index (χ3n) is 3.43. The minimum Gasteiger partial charge on any atom is -0.354 e. The number of rotatable bonds is 1. The van der Waals surface area contributed by atoms with Crippen LogP contribution in [0.2, 0.25) is 0 Å². The molecule has 2 aliphatic rings. The summed E-state index contributed by atoms with van der Waals surface area (Å²) in [5, 5.41) is 0. The zero-order valence-corrected chi connectivity index (χ0v) is 8.61. The second-order valence-electron chi connectivity index (χ2n) is 4.20. The van der Waals surface area contributed by atoms with E-state index >= 15 is 0 Å². The van der Waals surface area contributed by atoms with E-state index in [4.69, 9.17) is 4.74 Å². The van der Waals surface area contributed by atoms with Gasteiger partial charge in [0, 0.05) is 5.92 Å². The molecule has 1 saturated heterocycles. The van der Waals surface area contributed by atoms with Gasteiger partial charge in [-0.1, -0.05) is 19.9 Å². The van der Waals surface area contributed by atoms with Crippen LogP contribution in [-0.2, 0) is 14.3 Å². The Bertz CT molecular complexity index is 331. The summed E-state index contributed by atoms with van der Waals surface area (Å²) in [6.07, 6.45) is 3.39. The molecule has 0 aromatic carbocycles. The summed E-state index contributed by atoms with van der Waals surface area (Å²) in [7, 11) is 0. The van der Waals surface area contributed by atoms with E-state index < -0.39 is 5.60 Å². The number of Topliss-reactive ketones (excluding diaryl/α,β-unsaturated/α-hetero) is 2. The van der Waals surface area contributed by atoms with Gasteiger partial charge in [0.15, 0.2) is 11.4 Å². The van der Waals surface area contributed by atoms with Crippen molar-refractivity contribution in [2.24, 2.45) is 11.8 Å². The van der Waals surface area contributed by atoms with Crippen molar-refractivity contribution in [1.82, 2.24) is 0 Å². The minimum atomic E-state index is -0.964. The Kier molecular flexibility index (Phi) is 1.89. The summed E-state index contributed by atoms with van der Waals surface area (Å²) in [4.78, 5) is 23.3. The quantitative estimate of drug-likeness (QED) is 0.587. The number of ether oxygens (including phenoxy) is 1. The Hall–Kier alpha value is -0.960. The molecule has 1 fully saturated rings. The van der Waals surface area contributed by atoms with Crippen LogP contribution in [0.25, 0.3) is 0 Å². The van der Waals surface area contributed by atoms with Gasteiger partial charge >= 0.3 is 0 Å². The maximum Gasteiger partial charge on any atom is 0.166 e. The van der Waals surface area contributed by atoms with Gasteiger partial charge in [-0.2, -0.15) is 0 Å². The Morgan fingerprint density at radius 3 is 2.71 bits per heavy atom. The standard InChI is InChI=1S/C11H14O3/c1-6-9-4-5-11(14-9,8(3)12)7(2)10(6)13/h4-7,9H,1-3H3/t6-,7-,9+,11-/m1/s1. The van der Waals surface area contributed by atoms with Crippen LogP contribution < -0.4 is 0 Å². The zero-order chi connectivity index (χ0) is 10.5. The summed E-state index contributed by atoms with van der Waals surface area (Å²) in [5.74, 6) is -0.438. The smallest absolute Gasteiger partial charge is 0.166 e. The molecule has 2 bridgehead atoms. The molecule has 0 N–H and O–H groups in total. The molecular formula is C11H14O3. The summed E-state index contributed by atoms with van der Waals surface area (Å²) in [5.41, 5.74) is -0.964. The molecule has 76 valence electrons. The summed E-state index contributed by atoms with van der Waals surface area (Å²) < 4.78 is 5.66. The Balaban J connectivity index is 2.44. The van der Waals surface area contributed by atoms with Crippen molar-refractivity contribution in [3.05, 3.63) is 12.2 Å². The highest BCUT2D eigenvalue weighted by atomic mass is 16.5. The summed E-state index contributed by atoms with van der Waals surface area (Å²) >= 11 is 0. The first-order valence-electron chi connectivity index (χ1n) is 4.91. The second-order valence-corrected chi connectivity index (χ2v) is 4.20. The second kappa shape index (κ2) is 2.76. The summed E-state index contributed by atoms with van der Waals surface area (Å²) in [6.45, 7) is 5.10. The number of fused-ring (bicyclic) bond motifs is 2. The van der Waals surface area contributed by atoms with Crippen molar-refractivity contribution in [2.75, 3.05) is 0 Å². The monoisotopic (exact) mass is 194 g/mol. The lowest BCUT2D eigenvalue weighted by molar-refractivity contribution is -0.168. The van der Waals surface area contributed by atoms with Gasteiger partial charge in [-0.15, -0.1) is 0 Å². The molecule has 0 aliphatic carbocycles. The van der Waals surface area contributed by atoms with Crippen LogP contribution in [0, 0.1) is 11.8 Å². The van der Waals surface area contributed by atoms with E-state index in [0.717, 1.165) is 0 Å². The first-order chi connectivity index (χ1) is 6.49. The molecule has 0 aromatic rings. The highest BCUT2D eigenvalue weighted by Gasteiger charge is 2.54. The fourth-order valence-corrected chi connectivity index (χ4v) is 2.33. The number of ketones is 2. The Morgan fingerprint density at radius 2 is 2.14 bits per heavy atom. The molecule has 2 rings (SSSR count). The van der Waals surface area contributed by atoms with Crippen LogP contribution in [0.5, 0.6) is 0 Å². The predicted molar refractivity (Wildman–Crippen MR) is 50.8 cm³/mol. The van der Waals surface area contributed by atoms with E-state index in [2.05, 4.69) is 0 Å². The molecule has 0 radical (unpaired) electrons. The van der Waals surface area contributed by atoms with E-state index in [0.29, 0.717) is 0 Å². The molecule has 3 nitrogen and oxygen atoms in total. The van der Waals surface area contributed by atoms with Crippen LogP contribution in [0.4, 0.5) is 0 Å². The first kappa shape index (κ1) is 9.59. The molecule has 0 spiro atoms. The lowest BCUT2D eigenvalue weighted by Crippen LogP contribution is -2.53. The predicted octanol–water partition coefficient (Wildman–Crippen LogP) is 1.12. The van der Waals surface area contributed by atoms with Crippen LogP contribution in [-0.4, -0.2) is 23.3 Å². The fourth-order valence-electron chi connectivity index (χ4n) is 2.33.